The Labute approximate surface area is 54.4 Å². The van der Waals surface area contributed by atoms with Crippen LogP contribution in [0.5, 0.6) is 0 Å². The van der Waals surface area contributed by atoms with Gasteiger partial charge in [-0.25, -0.2) is 0 Å². The Balaban J connectivity index is 0. The molecule has 4 nitrogen and oxygen atoms in total. The van der Waals surface area contributed by atoms with Gasteiger partial charge in [0.15, 0.2) is 5.82 Å². The Bertz CT molecular complexity index is 118. The van der Waals surface area contributed by atoms with Crippen LogP contribution in [0, 0.1) is 6.92 Å². The van der Waals surface area contributed by atoms with Gasteiger partial charge in [0.2, 0.25) is 0 Å². The molecule has 0 radical (unpaired) electrons. The fourth-order valence-electron chi connectivity index (χ4n) is 0.212. The number of tetrazole rings is 1. The van der Waals surface area contributed by atoms with Crippen LogP contribution in [0.25, 0.3) is 0 Å². The normalized spacial score (nSPS) is 7.57. The third kappa shape index (κ3) is 1.71. The number of nitrogens with one attached hydrogen (secondary N) is 1. The molecule has 0 amide bonds. The Morgan fingerprint density at radius 1 is 1.71 bits per heavy atom. The van der Waals surface area contributed by atoms with Crippen molar-refractivity contribution in [3.05, 3.63) is 5.82 Å². The van der Waals surface area contributed by atoms with E-state index < -0.39 is 0 Å². The summed E-state index contributed by atoms with van der Waals surface area (Å²) in [5, 5.41) is 12.7. The zero-order chi connectivity index (χ0) is 4.41. The maximum absolute atomic E-state index is 3.57. The van der Waals surface area contributed by atoms with E-state index in [1.54, 1.807) is 6.92 Å². The first-order valence-electron chi connectivity index (χ1n) is 1.59. The molecule has 0 bridgehead atoms. The zero-order valence-electron chi connectivity index (χ0n) is 5.34. The third-order valence-electron chi connectivity index (χ3n) is 0.451. The van der Waals surface area contributed by atoms with Crippen molar-refractivity contribution in [3.8, 4) is 0 Å². The minimum atomic E-state index is 0. The quantitative estimate of drug-likeness (QED) is 0.340. The molecule has 0 aliphatic carbocycles. The van der Waals surface area contributed by atoms with Gasteiger partial charge in [-0.3, -0.25) is 0 Å². The van der Waals surface area contributed by atoms with Crippen LogP contribution >= 0.6 is 0 Å². The number of hydrogen-bond acceptors (Lipinski definition) is 3. The molecule has 0 aliphatic heterocycles. The number of aromatic nitrogens is 4. The first-order chi connectivity index (χ1) is 2.89. The van der Waals surface area contributed by atoms with E-state index in [1.165, 1.54) is 0 Å². The number of aromatic amines is 1. The zero-order valence-corrected chi connectivity index (χ0v) is 4.34. The summed E-state index contributed by atoms with van der Waals surface area (Å²) >= 11 is 0. The number of H-pyrrole nitrogens is 1. The molecule has 1 heterocycles. The first kappa shape index (κ1) is 6.67. The second kappa shape index (κ2) is 2.78. The van der Waals surface area contributed by atoms with E-state index in [-0.39, 0.29) is 20.3 Å². The maximum atomic E-state index is 3.57. The molecule has 7 heavy (non-hydrogen) atoms. The number of aryl methyl sites for hydroxylation is 1. The summed E-state index contributed by atoms with van der Waals surface area (Å²) in [6.07, 6.45) is 0. The van der Waals surface area contributed by atoms with E-state index in [0.717, 1.165) is 0 Å². The van der Waals surface area contributed by atoms with Gasteiger partial charge in [-0.05, 0) is 6.92 Å². The van der Waals surface area contributed by atoms with Crippen molar-refractivity contribution in [2.45, 2.75) is 6.92 Å². The molecular weight excluding hydrogens is 87.0 g/mol. The number of hydrogen-bond donors (Lipinski definition) is 1. The molecule has 0 atom stereocenters. The van der Waals surface area contributed by atoms with Crippen molar-refractivity contribution in [2.24, 2.45) is 0 Å². The summed E-state index contributed by atoms with van der Waals surface area (Å²) < 4.78 is 0. The van der Waals surface area contributed by atoms with Crippen LogP contribution < -0.4 is 18.9 Å². The molecular formula is C2H5LiN4. The molecule has 1 aromatic rings. The molecule has 0 unspecified atom stereocenters. The van der Waals surface area contributed by atoms with Crippen molar-refractivity contribution < 1.29 is 20.3 Å². The van der Waals surface area contributed by atoms with E-state index in [2.05, 4.69) is 20.6 Å². The average Bonchev–Trinajstić information content (AvgIpc) is 1.86. The van der Waals surface area contributed by atoms with Crippen molar-refractivity contribution in [1.29, 1.82) is 0 Å². The Kier molecular flexibility index (Phi) is 2.65. The molecule has 5 heteroatoms. The molecule has 1 N–H and O–H groups in total. The van der Waals surface area contributed by atoms with Crippen LogP contribution in [0.4, 0.5) is 0 Å². The van der Waals surface area contributed by atoms with Crippen molar-refractivity contribution in [3.63, 3.8) is 0 Å². The van der Waals surface area contributed by atoms with Crippen LogP contribution in [-0.4, -0.2) is 20.6 Å². The molecule has 0 saturated carbocycles. The monoisotopic (exact) mass is 92.1 g/mol. The second-order valence-corrected chi connectivity index (χ2v) is 0.959. The number of rotatable bonds is 0. The van der Waals surface area contributed by atoms with Gasteiger partial charge >= 0.3 is 18.9 Å². The fraction of sp³-hybridized carbons (Fsp3) is 0.500. The van der Waals surface area contributed by atoms with Gasteiger partial charge in [-0.15, -0.1) is 10.2 Å². The van der Waals surface area contributed by atoms with Crippen LogP contribution in [0.2, 0.25) is 0 Å². The number of nitrogens with zero attached hydrogens (tertiary/aromatic N) is 3. The minimum Gasteiger partial charge on any atom is -1.00 e. The summed E-state index contributed by atoms with van der Waals surface area (Å²) in [5.74, 6) is 0.676. The van der Waals surface area contributed by atoms with Gasteiger partial charge in [0.1, 0.15) is 0 Å². The fourth-order valence-corrected chi connectivity index (χ4v) is 0.212. The van der Waals surface area contributed by atoms with Gasteiger partial charge in [-0.1, -0.05) is 5.21 Å². The molecule has 0 aromatic carbocycles. The molecule has 0 aliphatic rings. The van der Waals surface area contributed by atoms with Gasteiger partial charge in [0, 0.05) is 0 Å². The SMILES string of the molecule is Cc1nn[nH]n1.[H-].[Li+]. The maximum Gasteiger partial charge on any atom is 1.00 e. The van der Waals surface area contributed by atoms with E-state index in [4.69, 9.17) is 0 Å². The topological polar surface area (TPSA) is 54.5 Å². The molecule has 34 valence electrons. The Morgan fingerprint density at radius 2 is 2.43 bits per heavy atom. The average molecular weight is 92.0 g/mol. The summed E-state index contributed by atoms with van der Waals surface area (Å²) in [6.45, 7) is 1.77. The molecule has 0 saturated heterocycles. The molecule has 1 aromatic heterocycles. The summed E-state index contributed by atoms with van der Waals surface area (Å²) in [5.41, 5.74) is 0. The van der Waals surface area contributed by atoms with E-state index in [9.17, 15) is 0 Å². The van der Waals surface area contributed by atoms with Crippen molar-refractivity contribution >= 4 is 0 Å². The molecule has 0 fully saturated rings. The van der Waals surface area contributed by atoms with Gasteiger partial charge in [-0.2, -0.15) is 5.21 Å². The Hall–Kier alpha value is -0.333. The summed E-state index contributed by atoms with van der Waals surface area (Å²) in [7, 11) is 0. The van der Waals surface area contributed by atoms with Gasteiger partial charge in [0.05, 0.1) is 0 Å². The van der Waals surface area contributed by atoms with Crippen LogP contribution in [0.15, 0.2) is 0 Å². The first-order valence-corrected chi connectivity index (χ1v) is 1.59. The van der Waals surface area contributed by atoms with Crippen molar-refractivity contribution in [2.75, 3.05) is 0 Å². The largest absolute Gasteiger partial charge is 1.00 e. The van der Waals surface area contributed by atoms with E-state index in [1.807, 2.05) is 0 Å². The predicted octanol–water partition coefficient (Wildman–Crippen LogP) is -3.38. The summed E-state index contributed by atoms with van der Waals surface area (Å²) in [4.78, 5) is 0. The van der Waals surface area contributed by atoms with Gasteiger partial charge in [0.25, 0.3) is 0 Å². The minimum absolute atomic E-state index is 0. The van der Waals surface area contributed by atoms with Crippen molar-refractivity contribution in [1.82, 2.24) is 20.6 Å². The van der Waals surface area contributed by atoms with E-state index in [0.29, 0.717) is 5.82 Å². The smallest absolute Gasteiger partial charge is 1.00 e. The third-order valence-corrected chi connectivity index (χ3v) is 0.451. The predicted molar refractivity (Wildman–Crippen MR) is 20.0 cm³/mol. The summed E-state index contributed by atoms with van der Waals surface area (Å²) in [6, 6.07) is 0. The van der Waals surface area contributed by atoms with E-state index >= 15 is 0 Å². The molecule has 1 rings (SSSR count). The Morgan fingerprint density at radius 3 is 2.57 bits per heavy atom. The van der Waals surface area contributed by atoms with Crippen LogP contribution in [-0.2, 0) is 0 Å². The molecule has 0 spiro atoms. The van der Waals surface area contributed by atoms with Crippen LogP contribution in [0.3, 0.4) is 0 Å². The second-order valence-electron chi connectivity index (χ2n) is 0.959. The standard InChI is InChI=1S/C2H4N4.Li.H/c1-2-3-5-6-4-2;;/h1H3,(H,3,4,5,6);;/q;+1;-1. The van der Waals surface area contributed by atoms with Crippen LogP contribution in [0.1, 0.15) is 7.25 Å². The van der Waals surface area contributed by atoms with Gasteiger partial charge < -0.3 is 1.43 Å².